The van der Waals surface area contributed by atoms with Crippen molar-refractivity contribution in [3.8, 4) is 5.69 Å². The number of aromatic nitrogens is 2. The molecule has 7 nitrogen and oxygen atoms in total. The van der Waals surface area contributed by atoms with E-state index in [2.05, 4.69) is 10.00 Å². The molecule has 1 fully saturated rings. The highest BCUT2D eigenvalue weighted by Gasteiger charge is 2.22. The van der Waals surface area contributed by atoms with Gasteiger partial charge in [0.1, 0.15) is 0 Å². The lowest BCUT2D eigenvalue weighted by Crippen LogP contribution is -2.46. The molecule has 0 unspecified atom stereocenters. The zero-order valence-electron chi connectivity index (χ0n) is 13.0. The number of anilines is 1. The minimum absolute atomic E-state index is 0.123. The second-order valence-corrected chi connectivity index (χ2v) is 5.62. The minimum atomic E-state index is -0.636. The fraction of sp³-hybridized carbons (Fsp3) is 0.312. The monoisotopic (exact) mass is 313 g/mol. The molecule has 2 aromatic rings. The van der Waals surface area contributed by atoms with Crippen LogP contribution in [0.5, 0.6) is 0 Å². The third-order valence-corrected chi connectivity index (χ3v) is 3.99. The Balaban J connectivity index is 2.06. The number of primary amides is 1. The van der Waals surface area contributed by atoms with Gasteiger partial charge in [0.25, 0.3) is 11.5 Å². The van der Waals surface area contributed by atoms with Crippen LogP contribution in [0.4, 0.5) is 5.69 Å². The summed E-state index contributed by atoms with van der Waals surface area (Å²) in [6, 6.07) is 10.4. The Morgan fingerprint density at radius 1 is 1.13 bits per heavy atom. The molecule has 0 bridgehead atoms. The molecule has 0 atom stereocenters. The van der Waals surface area contributed by atoms with Gasteiger partial charge in [0.2, 0.25) is 0 Å². The van der Waals surface area contributed by atoms with Crippen LogP contribution in [0.1, 0.15) is 10.5 Å². The van der Waals surface area contributed by atoms with Crippen molar-refractivity contribution in [2.45, 2.75) is 0 Å². The van der Waals surface area contributed by atoms with E-state index in [4.69, 9.17) is 5.73 Å². The van der Waals surface area contributed by atoms with Gasteiger partial charge in [0.05, 0.1) is 11.4 Å². The maximum absolute atomic E-state index is 12.4. The van der Waals surface area contributed by atoms with Gasteiger partial charge in [-0.1, -0.05) is 18.2 Å². The number of hydrogen-bond acceptors (Lipinski definition) is 5. The van der Waals surface area contributed by atoms with E-state index in [9.17, 15) is 9.59 Å². The average Bonchev–Trinajstić information content (AvgIpc) is 2.56. The smallest absolute Gasteiger partial charge is 0.273 e. The molecule has 23 heavy (non-hydrogen) atoms. The maximum atomic E-state index is 12.4. The van der Waals surface area contributed by atoms with E-state index in [0.29, 0.717) is 11.4 Å². The van der Waals surface area contributed by atoms with Crippen molar-refractivity contribution >= 4 is 11.6 Å². The van der Waals surface area contributed by atoms with E-state index < -0.39 is 5.91 Å². The van der Waals surface area contributed by atoms with Crippen molar-refractivity contribution in [3.05, 3.63) is 52.4 Å². The Morgan fingerprint density at radius 2 is 1.78 bits per heavy atom. The van der Waals surface area contributed by atoms with E-state index >= 15 is 0 Å². The zero-order chi connectivity index (χ0) is 16.4. The summed E-state index contributed by atoms with van der Waals surface area (Å²) in [5.74, 6) is -0.636. The first kappa shape index (κ1) is 15.2. The van der Waals surface area contributed by atoms with Crippen LogP contribution in [0.25, 0.3) is 5.69 Å². The predicted octanol–water partition coefficient (Wildman–Crippen LogP) is 0.0832. The number of benzene rings is 1. The molecule has 0 spiro atoms. The van der Waals surface area contributed by atoms with Crippen molar-refractivity contribution in [2.24, 2.45) is 5.73 Å². The number of nitrogens with zero attached hydrogens (tertiary/aromatic N) is 4. The molecule has 1 aliphatic heterocycles. The van der Waals surface area contributed by atoms with Gasteiger partial charge in [0.15, 0.2) is 5.69 Å². The first-order chi connectivity index (χ1) is 11.1. The number of piperazine rings is 1. The third kappa shape index (κ3) is 3.09. The van der Waals surface area contributed by atoms with Gasteiger partial charge in [-0.3, -0.25) is 9.59 Å². The highest BCUT2D eigenvalue weighted by atomic mass is 16.1. The normalized spacial score (nSPS) is 15.6. The Hall–Kier alpha value is -2.67. The molecule has 120 valence electrons. The van der Waals surface area contributed by atoms with Gasteiger partial charge in [0, 0.05) is 32.2 Å². The highest BCUT2D eigenvalue weighted by Crippen LogP contribution is 2.18. The maximum Gasteiger partial charge on any atom is 0.273 e. The standard InChI is InChI=1S/C16H19N5O2/c1-19-7-9-20(10-8-19)13-11-14(22)21(18-15(13)16(17)23)12-5-3-2-4-6-12/h2-6,11H,7-10H2,1H3,(H2,17,23). The third-order valence-electron chi connectivity index (χ3n) is 3.99. The van der Waals surface area contributed by atoms with Gasteiger partial charge in [-0.15, -0.1) is 0 Å². The van der Waals surface area contributed by atoms with Gasteiger partial charge in [-0.05, 0) is 19.2 Å². The number of rotatable bonds is 3. The fourth-order valence-electron chi connectivity index (χ4n) is 2.67. The van der Waals surface area contributed by atoms with Crippen LogP contribution in [0.2, 0.25) is 0 Å². The Morgan fingerprint density at radius 3 is 2.39 bits per heavy atom. The number of amides is 1. The van der Waals surface area contributed by atoms with Crippen molar-refractivity contribution in [3.63, 3.8) is 0 Å². The van der Waals surface area contributed by atoms with E-state index in [-0.39, 0.29) is 11.3 Å². The molecule has 0 radical (unpaired) electrons. The van der Waals surface area contributed by atoms with Crippen LogP contribution in [0.3, 0.4) is 0 Å². The van der Waals surface area contributed by atoms with E-state index in [1.54, 1.807) is 12.1 Å². The van der Waals surface area contributed by atoms with Crippen molar-refractivity contribution < 1.29 is 4.79 Å². The molecule has 2 N–H and O–H groups in total. The van der Waals surface area contributed by atoms with Crippen LogP contribution in [-0.2, 0) is 0 Å². The summed E-state index contributed by atoms with van der Waals surface area (Å²) in [4.78, 5) is 28.4. The fourth-order valence-corrected chi connectivity index (χ4v) is 2.67. The van der Waals surface area contributed by atoms with Crippen molar-refractivity contribution in [2.75, 3.05) is 38.1 Å². The second kappa shape index (κ2) is 6.21. The summed E-state index contributed by atoms with van der Waals surface area (Å²) in [6.07, 6.45) is 0. The van der Waals surface area contributed by atoms with E-state index in [1.165, 1.54) is 10.7 Å². The van der Waals surface area contributed by atoms with E-state index in [1.807, 2.05) is 30.1 Å². The topological polar surface area (TPSA) is 84.5 Å². The second-order valence-electron chi connectivity index (χ2n) is 5.62. The Kier molecular flexibility index (Phi) is 4.12. The van der Waals surface area contributed by atoms with E-state index in [0.717, 1.165) is 26.2 Å². The molecule has 1 aliphatic rings. The quantitative estimate of drug-likeness (QED) is 0.868. The molecule has 1 aromatic carbocycles. The number of nitrogens with two attached hydrogens (primary N) is 1. The molecule has 2 heterocycles. The minimum Gasteiger partial charge on any atom is -0.367 e. The number of hydrogen-bond donors (Lipinski definition) is 1. The zero-order valence-corrected chi connectivity index (χ0v) is 13.0. The molecule has 0 aliphatic carbocycles. The summed E-state index contributed by atoms with van der Waals surface area (Å²) < 4.78 is 1.21. The SMILES string of the molecule is CN1CCN(c2cc(=O)n(-c3ccccc3)nc2C(N)=O)CC1. The van der Waals surface area contributed by atoms with Gasteiger partial charge in [-0.2, -0.15) is 9.78 Å². The van der Waals surface area contributed by atoms with Crippen molar-refractivity contribution in [1.82, 2.24) is 14.7 Å². The Bertz CT molecular complexity index is 764. The predicted molar refractivity (Wildman–Crippen MR) is 88.1 cm³/mol. The molecule has 3 rings (SSSR count). The molecule has 1 amide bonds. The lowest BCUT2D eigenvalue weighted by Gasteiger charge is -2.34. The molecule has 1 aromatic heterocycles. The van der Waals surface area contributed by atoms with Crippen LogP contribution >= 0.6 is 0 Å². The molecule has 7 heteroatoms. The summed E-state index contributed by atoms with van der Waals surface area (Å²) in [5, 5.41) is 4.21. The molecular formula is C16H19N5O2. The first-order valence-corrected chi connectivity index (χ1v) is 7.49. The van der Waals surface area contributed by atoms with Gasteiger partial charge >= 0.3 is 0 Å². The number of likely N-dealkylation sites (N-methyl/N-ethyl adjacent to an activating group) is 1. The van der Waals surface area contributed by atoms with Crippen LogP contribution in [0, 0.1) is 0 Å². The number of carbonyl (C=O) groups is 1. The molecule has 0 saturated carbocycles. The summed E-state index contributed by atoms with van der Waals surface area (Å²) >= 11 is 0. The van der Waals surface area contributed by atoms with Crippen LogP contribution < -0.4 is 16.2 Å². The van der Waals surface area contributed by atoms with Gasteiger partial charge in [-0.25, -0.2) is 0 Å². The summed E-state index contributed by atoms with van der Waals surface area (Å²) in [7, 11) is 2.04. The molecular weight excluding hydrogens is 294 g/mol. The summed E-state index contributed by atoms with van der Waals surface area (Å²) in [5.41, 5.74) is 6.45. The first-order valence-electron chi connectivity index (χ1n) is 7.49. The van der Waals surface area contributed by atoms with Crippen LogP contribution in [-0.4, -0.2) is 53.8 Å². The lowest BCUT2D eigenvalue weighted by atomic mass is 10.2. The Labute approximate surface area is 133 Å². The van der Waals surface area contributed by atoms with Crippen molar-refractivity contribution in [1.29, 1.82) is 0 Å². The lowest BCUT2D eigenvalue weighted by molar-refractivity contribution is 0.0994. The number of para-hydroxylation sites is 1. The number of carbonyl (C=O) groups excluding carboxylic acids is 1. The highest BCUT2D eigenvalue weighted by molar-refractivity contribution is 5.96. The summed E-state index contributed by atoms with van der Waals surface area (Å²) in [6.45, 7) is 3.18. The molecule has 1 saturated heterocycles. The largest absolute Gasteiger partial charge is 0.367 e. The van der Waals surface area contributed by atoms with Gasteiger partial charge < -0.3 is 15.5 Å². The average molecular weight is 313 g/mol. The van der Waals surface area contributed by atoms with Crippen LogP contribution in [0.15, 0.2) is 41.2 Å².